The average molecular weight is 437 g/mol. The van der Waals surface area contributed by atoms with Gasteiger partial charge in [0.15, 0.2) is 9.84 Å². The minimum absolute atomic E-state index is 0.0770. The molecule has 0 heterocycles. The number of benzene rings is 2. The van der Waals surface area contributed by atoms with Gasteiger partial charge in [-0.1, -0.05) is 46.1 Å². The number of hydrogen-bond acceptors (Lipinski definition) is 3. The van der Waals surface area contributed by atoms with E-state index in [1.54, 1.807) is 24.3 Å². The number of rotatable bonds is 4. The highest BCUT2D eigenvalue weighted by Crippen LogP contribution is 2.33. The van der Waals surface area contributed by atoms with Crippen LogP contribution in [0.2, 0.25) is 10.0 Å². The van der Waals surface area contributed by atoms with Crippen LogP contribution in [0.5, 0.6) is 0 Å². The Hall–Kier alpha value is -1.08. The number of amides is 1. The van der Waals surface area contributed by atoms with E-state index < -0.39 is 15.7 Å². The molecular weight excluding hydrogens is 425 g/mol. The number of hydrogen-bond donors (Lipinski definition) is 1. The summed E-state index contributed by atoms with van der Waals surface area (Å²) in [6.07, 6.45) is 0. The Bertz CT molecular complexity index is 852. The largest absolute Gasteiger partial charge is 0.322 e. The summed E-state index contributed by atoms with van der Waals surface area (Å²) in [6.45, 7) is 1.51. The van der Waals surface area contributed by atoms with Crippen molar-refractivity contribution >= 4 is 60.6 Å². The third kappa shape index (κ3) is 4.07. The molecule has 1 N–H and O–H groups in total. The van der Waals surface area contributed by atoms with Gasteiger partial charge in [0.1, 0.15) is 0 Å². The SMILES string of the molecule is CCS(=O)(=O)c1ccc(C(=O)Nc2ccc(Br)cc2)c(Cl)c1Cl. The molecule has 0 fully saturated rings. The molecule has 0 aliphatic carbocycles. The van der Waals surface area contributed by atoms with Crippen LogP contribution in [0.4, 0.5) is 5.69 Å². The van der Waals surface area contributed by atoms with Crippen molar-refractivity contribution in [3.63, 3.8) is 0 Å². The maximum atomic E-state index is 12.3. The van der Waals surface area contributed by atoms with Crippen LogP contribution in [0.15, 0.2) is 45.8 Å². The molecule has 1 amide bonds. The second-order valence-electron chi connectivity index (χ2n) is 4.60. The van der Waals surface area contributed by atoms with E-state index in [0.717, 1.165) is 4.47 Å². The molecule has 0 atom stereocenters. The van der Waals surface area contributed by atoms with Crippen molar-refractivity contribution in [1.29, 1.82) is 0 Å². The number of carbonyl (C=O) groups excluding carboxylic acids is 1. The van der Waals surface area contributed by atoms with Crippen molar-refractivity contribution in [2.75, 3.05) is 11.1 Å². The zero-order valence-corrected chi connectivity index (χ0v) is 15.9. The monoisotopic (exact) mass is 435 g/mol. The first-order valence-corrected chi connectivity index (χ1v) is 9.74. The van der Waals surface area contributed by atoms with Crippen molar-refractivity contribution < 1.29 is 13.2 Å². The van der Waals surface area contributed by atoms with Gasteiger partial charge in [-0.2, -0.15) is 0 Å². The summed E-state index contributed by atoms with van der Waals surface area (Å²) < 4.78 is 24.7. The van der Waals surface area contributed by atoms with Crippen molar-refractivity contribution in [1.82, 2.24) is 0 Å². The molecule has 0 saturated heterocycles. The molecule has 0 spiro atoms. The summed E-state index contributed by atoms with van der Waals surface area (Å²) in [5, 5.41) is 2.44. The molecule has 2 rings (SSSR count). The van der Waals surface area contributed by atoms with Crippen LogP contribution in [0, 0.1) is 0 Å². The minimum Gasteiger partial charge on any atom is -0.322 e. The molecule has 4 nitrogen and oxygen atoms in total. The van der Waals surface area contributed by atoms with Crippen molar-refractivity contribution in [3.05, 3.63) is 56.5 Å². The van der Waals surface area contributed by atoms with Gasteiger partial charge in [-0.15, -0.1) is 0 Å². The number of nitrogens with one attached hydrogen (secondary N) is 1. The normalized spacial score (nSPS) is 11.3. The van der Waals surface area contributed by atoms with Crippen LogP contribution >= 0.6 is 39.1 Å². The fourth-order valence-electron chi connectivity index (χ4n) is 1.83. The molecular formula is C15H12BrCl2NO3S. The number of anilines is 1. The predicted molar refractivity (Wildman–Crippen MR) is 96.3 cm³/mol. The Kier molecular flexibility index (Phi) is 5.73. The summed E-state index contributed by atoms with van der Waals surface area (Å²) >= 11 is 15.4. The van der Waals surface area contributed by atoms with Gasteiger partial charge in [0, 0.05) is 10.2 Å². The lowest BCUT2D eigenvalue weighted by atomic mass is 10.2. The zero-order chi connectivity index (χ0) is 17.2. The summed E-state index contributed by atoms with van der Waals surface area (Å²) in [5.74, 6) is -0.576. The lowest BCUT2D eigenvalue weighted by molar-refractivity contribution is 0.102. The summed E-state index contributed by atoms with van der Waals surface area (Å²) in [4.78, 5) is 12.2. The van der Waals surface area contributed by atoms with Gasteiger partial charge in [-0.05, 0) is 36.4 Å². The molecule has 0 aromatic heterocycles. The fourth-order valence-corrected chi connectivity index (χ4v) is 3.88. The molecule has 0 radical (unpaired) electrons. The minimum atomic E-state index is -3.51. The van der Waals surface area contributed by atoms with Crippen LogP contribution in [0.25, 0.3) is 0 Å². The van der Waals surface area contributed by atoms with Gasteiger partial charge >= 0.3 is 0 Å². The smallest absolute Gasteiger partial charge is 0.257 e. The summed E-state index contributed by atoms with van der Waals surface area (Å²) in [7, 11) is -3.51. The highest BCUT2D eigenvalue weighted by Gasteiger charge is 2.22. The third-order valence-corrected chi connectivity index (χ3v) is 6.40. The lowest BCUT2D eigenvalue weighted by Crippen LogP contribution is -2.14. The highest BCUT2D eigenvalue weighted by atomic mass is 79.9. The Balaban J connectivity index is 2.35. The molecule has 2 aromatic carbocycles. The highest BCUT2D eigenvalue weighted by molar-refractivity contribution is 9.10. The Morgan fingerprint density at radius 2 is 1.70 bits per heavy atom. The Morgan fingerprint density at radius 1 is 1.09 bits per heavy atom. The Labute approximate surface area is 152 Å². The van der Waals surface area contributed by atoms with E-state index in [-0.39, 0.29) is 26.3 Å². The Morgan fingerprint density at radius 3 is 2.26 bits per heavy atom. The van der Waals surface area contributed by atoms with Crippen LogP contribution < -0.4 is 5.32 Å². The fraction of sp³-hybridized carbons (Fsp3) is 0.133. The second kappa shape index (κ2) is 7.21. The van der Waals surface area contributed by atoms with Gasteiger partial charge in [0.2, 0.25) is 0 Å². The van der Waals surface area contributed by atoms with E-state index >= 15 is 0 Å². The van der Waals surface area contributed by atoms with Crippen molar-refractivity contribution in [3.8, 4) is 0 Å². The van der Waals surface area contributed by atoms with Gasteiger partial charge < -0.3 is 5.32 Å². The molecule has 122 valence electrons. The van der Waals surface area contributed by atoms with Crippen LogP contribution in [0.1, 0.15) is 17.3 Å². The van der Waals surface area contributed by atoms with E-state index in [2.05, 4.69) is 21.2 Å². The maximum absolute atomic E-state index is 12.3. The van der Waals surface area contributed by atoms with E-state index in [1.165, 1.54) is 19.1 Å². The van der Waals surface area contributed by atoms with Crippen LogP contribution in [-0.2, 0) is 9.84 Å². The van der Waals surface area contributed by atoms with Gasteiger partial charge in [0.05, 0.1) is 26.3 Å². The van der Waals surface area contributed by atoms with Crippen LogP contribution in [0.3, 0.4) is 0 Å². The lowest BCUT2D eigenvalue weighted by Gasteiger charge is -2.11. The molecule has 0 bridgehead atoms. The van der Waals surface area contributed by atoms with E-state index in [0.29, 0.717) is 5.69 Å². The molecule has 23 heavy (non-hydrogen) atoms. The third-order valence-electron chi connectivity index (χ3n) is 3.11. The summed E-state index contributed by atoms with van der Waals surface area (Å²) in [5.41, 5.74) is 0.685. The van der Waals surface area contributed by atoms with Gasteiger partial charge in [-0.3, -0.25) is 4.79 Å². The molecule has 0 aliphatic heterocycles. The van der Waals surface area contributed by atoms with Crippen LogP contribution in [-0.4, -0.2) is 20.1 Å². The van der Waals surface area contributed by atoms with Crippen molar-refractivity contribution in [2.45, 2.75) is 11.8 Å². The zero-order valence-electron chi connectivity index (χ0n) is 11.9. The number of sulfone groups is 1. The van der Waals surface area contributed by atoms with Gasteiger partial charge in [-0.25, -0.2) is 8.42 Å². The number of halogens is 3. The quantitative estimate of drug-likeness (QED) is 0.748. The second-order valence-corrected chi connectivity index (χ2v) is 8.52. The topological polar surface area (TPSA) is 63.2 Å². The van der Waals surface area contributed by atoms with E-state index in [4.69, 9.17) is 23.2 Å². The number of carbonyl (C=O) groups is 1. The van der Waals surface area contributed by atoms with E-state index in [1.807, 2.05) is 0 Å². The first-order chi connectivity index (χ1) is 10.8. The van der Waals surface area contributed by atoms with Gasteiger partial charge in [0.25, 0.3) is 5.91 Å². The molecule has 8 heteroatoms. The first-order valence-electron chi connectivity index (χ1n) is 6.54. The van der Waals surface area contributed by atoms with E-state index in [9.17, 15) is 13.2 Å². The molecule has 0 unspecified atom stereocenters. The van der Waals surface area contributed by atoms with Crippen molar-refractivity contribution in [2.24, 2.45) is 0 Å². The first kappa shape index (κ1) is 18.3. The summed E-state index contributed by atoms with van der Waals surface area (Å²) in [6, 6.07) is 9.64. The molecule has 2 aromatic rings. The maximum Gasteiger partial charge on any atom is 0.257 e. The standard InChI is InChI=1S/C15H12BrCl2NO3S/c1-2-23(21,22)12-8-7-11(13(17)14(12)18)15(20)19-10-5-3-9(16)4-6-10/h3-8H,2H2,1H3,(H,19,20). The average Bonchev–Trinajstić information content (AvgIpc) is 2.51. The predicted octanol–water partition coefficient (Wildman–Crippen LogP) is 4.80. The molecule has 0 aliphatic rings. The molecule has 0 saturated carbocycles.